The van der Waals surface area contributed by atoms with E-state index in [1.807, 2.05) is 0 Å². The summed E-state index contributed by atoms with van der Waals surface area (Å²) in [5.74, 6) is -0.425. The summed E-state index contributed by atoms with van der Waals surface area (Å²) in [6.45, 7) is 3.13. The predicted molar refractivity (Wildman–Crippen MR) is 76.2 cm³/mol. The van der Waals surface area contributed by atoms with E-state index in [0.29, 0.717) is 31.0 Å². The maximum Gasteiger partial charge on any atom is 0.338 e. The van der Waals surface area contributed by atoms with Crippen molar-refractivity contribution in [1.29, 1.82) is 0 Å². The van der Waals surface area contributed by atoms with Gasteiger partial charge >= 0.3 is 5.97 Å². The van der Waals surface area contributed by atoms with E-state index in [1.165, 1.54) is 0 Å². The number of aromatic carboxylic acids is 1. The molecule has 2 rings (SSSR count). The van der Waals surface area contributed by atoms with Gasteiger partial charge in [-0.1, -0.05) is 19.1 Å². The van der Waals surface area contributed by atoms with Crippen LogP contribution in [0, 0.1) is 5.92 Å². The molecule has 3 N–H and O–H groups in total. The summed E-state index contributed by atoms with van der Waals surface area (Å²) in [6.07, 6.45) is 2.39. The Bertz CT molecular complexity index is 528. The minimum Gasteiger partial charge on any atom is -0.478 e. The second-order valence-corrected chi connectivity index (χ2v) is 5.43. The highest BCUT2D eigenvalue weighted by atomic mass is 16.4. The third kappa shape index (κ3) is 3.10. The van der Waals surface area contributed by atoms with Gasteiger partial charge in [0.1, 0.15) is 0 Å². The summed E-state index contributed by atoms with van der Waals surface area (Å²) >= 11 is 0. The first-order valence-electron chi connectivity index (χ1n) is 6.87. The van der Waals surface area contributed by atoms with Crippen LogP contribution < -0.4 is 5.73 Å². The van der Waals surface area contributed by atoms with Crippen molar-refractivity contribution in [2.45, 2.75) is 32.7 Å². The van der Waals surface area contributed by atoms with Crippen LogP contribution in [0.2, 0.25) is 0 Å². The molecule has 0 spiro atoms. The summed E-state index contributed by atoms with van der Waals surface area (Å²) < 4.78 is 0. The third-order valence-corrected chi connectivity index (χ3v) is 3.85. The molecule has 1 atom stereocenters. The summed E-state index contributed by atoms with van der Waals surface area (Å²) in [7, 11) is 0. The lowest BCUT2D eigenvalue weighted by molar-refractivity contribution is -0.131. The maximum absolute atomic E-state index is 12.1. The quantitative estimate of drug-likeness (QED) is 0.828. The lowest BCUT2D eigenvalue weighted by Gasteiger charge is -2.22. The highest BCUT2D eigenvalue weighted by molar-refractivity contribution is 5.95. The molecule has 1 aliphatic rings. The van der Waals surface area contributed by atoms with Crippen LogP contribution in [-0.2, 0) is 11.3 Å². The standard InChI is InChI=1S/C15H20N2O3/c1-10-5-6-13(18)17(8-7-10)9-11-3-2-4-12(16)14(11)15(19)20/h2-4,10H,5-9,16H2,1H3,(H,19,20). The summed E-state index contributed by atoms with van der Waals surface area (Å²) in [6, 6.07) is 5.02. The van der Waals surface area contributed by atoms with Crippen molar-refractivity contribution in [2.24, 2.45) is 5.92 Å². The van der Waals surface area contributed by atoms with E-state index in [4.69, 9.17) is 5.73 Å². The van der Waals surface area contributed by atoms with Gasteiger partial charge in [0.05, 0.1) is 5.56 Å². The van der Waals surface area contributed by atoms with E-state index in [0.717, 1.165) is 12.8 Å². The number of hydrogen-bond donors (Lipinski definition) is 2. The number of nitrogens with two attached hydrogens (primary N) is 1. The molecule has 1 saturated heterocycles. The highest BCUT2D eigenvalue weighted by Crippen LogP contribution is 2.23. The Balaban J connectivity index is 2.23. The first kappa shape index (κ1) is 14.4. The molecule has 0 aliphatic carbocycles. The first-order valence-corrected chi connectivity index (χ1v) is 6.87. The molecule has 1 fully saturated rings. The Hall–Kier alpha value is -2.04. The zero-order chi connectivity index (χ0) is 14.7. The van der Waals surface area contributed by atoms with Crippen LogP contribution in [0.1, 0.15) is 42.1 Å². The first-order chi connectivity index (χ1) is 9.49. The topological polar surface area (TPSA) is 83.6 Å². The van der Waals surface area contributed by atoms with E-state index in [9.17, 15) is 14.7 Å². The number of benzene rings is 1. The molecule has 1 aromatic carbocycles. The number of rotatable bonds is 3. The molecular weight excluding hydrogens is 256 g/mol. The molecule has 0 aromatic heterocycles. The number of carbonyl (C=O) groups is 2. The number of carboxylic acid groups (broad SMARTS) is 1. The Morgan fingerprint density at radius 3 is 2.90 bits per heavy atom. The molecule has 1 aliphatic heterocycles. The van der Waals surface area contributed by atoms with Crippen LogP contribution in [0.4, 0.5) is 5.69 Å². The molecule has 108 valence electrons. The second-order valence-electron chi connectivity index (χ2n) is 5.43. The predicted octanol–water partition coefficient (Wildman–Crippen LogP) is 2.12. The molecule has 0 bridgehead atoms. The molecule has 1 amide bonds. The zero-order valence-electron chi connectivity index (χ0n) is 11.6. The number of nitrogen functional groups attached to an aromatic ring is 1. The van der Waals surface area contributed by atoms with Gasteiger partial charge in [-0.3, -0.25) is 4.79 Å². The van der Waals surface area contributed by atoms with E-state index in [-0.39, 0.29) is 17.2 Å². The molecule has 5 heteroatoms. The summed E-state index contributed by atoms with van der Waals surface area (Å²) in [4.78, 5) is 25.1. The average molecular weight is 276 g/mol. The molecular formula is C15H20N2O3. The van der Waals surface area contributed by atoms with Crippen molar-refractivity contribution in [3.05, 3.63) is 29.3 Å². The van der Waals surface area contributed by atoms with Crippen molar-refractivity contribution in [1.82, 2.24) is 4.90 Å². The fourth-order valence-corrected chi connectivity index (χ4v) is 2.56. The Kier molecular flexibility index (Phi) is 4.27. The Morgan fingerprint density at radius 1 is 1.45 bits per heavy atom. The number of nitrogens with zero attached hydrogens (tertiary/aromatic N) is 1. The fourth-order valence-electron chi connectivity index (χ4n) is 2.56. The monoisotopic (exact) mass is 276 g/mol. The SMILES string of the molecule is CC1CCC(=O)N(Cc2cccc(N)c2C(=O)O)CC1. The molecule has 5 nitrogen and oxygen atoms in total. The number of carboxylic acids is 1. The third-order valence-electron chi connectivity index (χ3n) is 3.85. The molecule has 1 unspecified atom stereocenters. The van der Waals surface area contributed by atoms with Crippen molar-refractivity contribution in [3.8, 4) is 0 Å². The van der Waals surface area contributed by atoms with Crippen LogP contribution in [-0.4, -0.2) is 28.4 Å². The van der Waals surface area contributed by atoms with Crippen LogP contribution in [0.15, 0.2) is 18.2 Å². The second kappa shape index (κ2) is 5.94. The maximum atomic E-state index is 12.1. The van der Waals surface area contributed by atoms with Crippen molar-refractivity contribution in [3.63, 3.8) is 0 Å². The lowest BCUT2D eigenvalue weighted by atomic mass is 10.0. The fraction of sp³-hybridized carbons (Fsp3) is 0.467. The summed E-state index contributed by atoms with van der Waals surface area (Å²) in [5, 5.41) is 9.26. The van der Waals surface area contributed by atoms with Crippen LogP contribution in [0.3, 0.4) is 0 Å². The highest BCUT2D eigenvalue weighted by Gasteiger charge is 2.22. The Labute approximate surface area is 118 Å². The van der Waals surface area contributed by atoms with Crippen molar-refractivity contribution >= 4 is 17.6 Å². The van der Waals surface area contributed by atoms with Gasteiger partial charge in [-0.2, -0.15) is 0 Å². The van der Waals surface area contributed by atoms with E-state index in [2.05, 4.69) is 6.92 Å². The van der Waals surface area contributed by atoms with Gasteiger partial charge in [-0.15, -0.1) is 0 Å². The van der Waals surface area contributed by atoms with Gasteiger partial charge in [0.25, 0.3) is 0 Å². The number of amides is 1. The van der Waals surface area contributed by atoms with Gasteiger partial charge in [-0.25, -0.2) is 4.79 Å². The molecule has 1 aromatic rings. The number of carbonyl (C=O) groups excluding carboxylic acids is 1. The number of hydrogen-bond acceptors (Lipinski definition) is 3. The van der Waals surface area contributed by atoms with Gasteiger partial charge < -0.3 is 15.7 Å². The van der Waals surface area contributed by atoms with E-state index >= 15 is 0 Å². The largest absolute Gasteiger partial charge is 0.478 e. The van der Waals surface area contributed by atoms with Crippen molar-refractivity contribution < 1.29 is 14.7 Å². The van der Waals surface area contributed by atoms with Gasteiger partial charge in [0, 0.05) is 25.2 Å². The summed E-state index contributed by atoms with van der Waals surface area (Å²) in [5.41, 5.74) is 6.68. The number of anilines is 1. The normalized spacial score (nSPS) is 19.8. The number of likely N-dealkylation sites (tertiary alicyclic amines) is 1. The molecule has 0 saturated carbocycles. The van der Waals surface area contributed by atoms with Gasteiger partial charge in [0.2, 0.25) is 5.91 Å². The minimum atomic E-state index is -1.05. The van der Waals surface area contributed by atoms with E-state index < -0.39 is 5.97 Å². The zero-order valence-corrected chi connectivity index (χ0v) is 11.6. The molecule has 0 radical (unpaired) electrons. The molecule has 1 heterocycles. The average Bonchev–Trinajstić information content (AvgIpc) is 2.54. The molecule has 20 heavy (non-hydrogen) atoms. The lowest BCUT2D eigenvalue weighted by Crippen LogP contribution is -2.30. The van der Waals surface area contributed by atoms with Gasteiger partial charge in [0.15, 0.2) is 0 Å². The van der Waals surface area contributed by atoms with Crippen LogP contribution in [0.25, 0.3) is 0 Å². The van der Waals surface area contributed by atoms with Gasteiger partial charge in [-0.05, 0) is 30.4 Å². The van der Waals surface area contributed by atoms with Crippen LogP contribution in [0.5, 0.6) is 0 Å². The van der Waals surface area contributed by atoms with E-state index in [1.54, 1.807) is 23.1 Å². The minimum absolute atomic E-state index is 0.0908. The Morgan fingerprint density at radius 2 is 2.20 bits per heavy atom. The smallest absolute Gasteiger partial charge is 0.338 e. The van der Waals surface area contributed by atoms with Crippen molar-refractivity contribution in [2.75, 3.05) is 12.3 Å². The van der Waals surface area contributed by atoms with Crippen LogP contribution >= 0.6 is 0 Å².